The van der Waals surface area contributed by atoms with E-state index in [0.29, 0.717) is 16.9 Å². The van der Waals surface area contributed by atoms with E-state index in [1.54, 1.807) is 48.5 Å². The predicted octanol–water partition coefficient (Wildman–Crippen LogP) is 2.27. The number of hydrogen-bond donors (Lipinski definition) is 2. The summed E-state index contributed by atoms with van der Waals surface area (Å²) in [7, 11) is 0. The van der Waals surface area contributed by atoms with Crippen molar-refractivity contribution in [2.45, 2.75) is 12.5 Å². The Morgan fingerprint density at radius 3 is 2.38 bits per heavy atom. The zero-order chi connectivity index (χ0) is 17.4. The van der Waals surface area contributed by atoms with Crippen LogP contribution in [0.3, 0.4) is 0 Å². The molecule has 0 aliphatic rings. The van der Waals surface area contributed by atoms with Crippen molar-refractivity contribution >= 4 is 11.9 Å². The highest BCUT2D eigenvalue weighted by atomic mass is 16.5. The maximum Gasteiger partial charge on any atom is 0.305 e. The largest absolute Gasteiger partial charge is 0.484 e. The quantitative estimate of drug-likeness (QED) is 0.814. The second-order valence-corrected chi connectivity index (χ2v) is 5.05. The Kier molecular flexibility index (Phi) is 5.92. The molecule has 2 aromatic rings. The number of ether oxygens (including phenoxy) is 1. The number of carbonyl (C=O) groups excluding carboxylic acids is 1. The van der Waals surface area contributed by atoms with Crippen LogP contribution in [0.25, 0.3) is 0 Å². The Labute approximate surface area is 139 Å². The Morgan fingerprint density at radius 2 is 1.79 bits per heavy atom. The average Bonchev–Trinajstić information content (AvgIpc) is 2.60. The third-order valence-corrected chi connectivity index (χ3v) is 3.27. The van der Waals surface area contributed by atoms with Gasteiger partial charge in [0.2, 0.25) is 0 Å². The van der Waals surface area contributed by atoms with Gasteiger partial charge < -0.3 is 15.2 Å². The third kappa shape index (κ3) is 5.14. The zero-order valence-corrected chi connectivity index (χ0v) is 12.8. The molecule has 0 spiro atoms. The lowest BCUT2D eigenvalue weighted by Crippen LogP contribution is -2.33. The summed E-state index contributed by atoms with van der Waals surface area (Å²) in [4.78, 5) is 23.0. The summed E-state index contributed by atoms with van der Waals surface area (Å²) >= 11 is 0. The van der Waals surface area contributed by atoms with E-state index in [2.05, 4.69) is 5.32 Å². The van der Waals surface area contributed by atoms with Gasteiger partial charge >= 0.3 is 5.97 Å². The number of benzene rings is 2. The van der Waals surface area contributed by atoms with E-state index >= 15 is 0 Å². The predicted molar refractivity (Wildman–Crippen MR) is 86.2 cm³/mol. The first-order valence-electron chi connectivity index (χ1n) is 7.27. The van der Waals surface area contributed by atoms with Crippen LogP contribution >= 0.6 is 0 Å². The van der Waals surface area contributed by atoms with Gasteiger partial charge in [-0.2, -0.15) is 5.26 Å². The number of amides is 1. The van der Waals surface area contributed by atoms with Crippen molar-refractivity contribution < 1.29 is 19.4 Å². The van der Waals surface area contributed by atoms with E-state index in [1.165, 1.54) is 0 Å². The number of carbonyl (C=O) groups is 2. The van der Waals surface area contributed by atoms with Crippen LogP contribution in [0.1, 0.15) is 23.6 Å². The molecule has 2 rings (SSSR count). The molecule has 1 atom stereocenters. The molecule has 0 aliphatic carbocycles. The molecular weight excluding hydrogens is 308 g/mol. The van der Waals surface area contributed by atoms with Crippen LogP contribution in [-0.2, 0) is 9.59 Å². The number of nitrogens with one attached hydrogen (secondary N) is 1. The second kappa shape index (κ2) is 8.34. The van der Waals surface area contributed by atoms with Crippen molar-refractivity contribution in [2.24, 2.45) is 0 Å². The van der Waals surface area contributed by atoms with Crippen molar-refractivity contribution in [2.75, 3.05) is 6.61 Å². The summed E-state index contributed by atoms with van der Waals surface area (Å²) in [5.41, 5.74) is 1.21. The van der Waals surface area contributed by atoms with Gasteiger partial charge in [0.25, 0.3) is 5.91 Å². The Hall–Kier alpha value is -3.33. The van der Waals surface area contributed by atoms with Crippen molar-refractivity contribution in [3.05, 3.63) is 65.7 Å². The van der Waals surface area contributed by atoms with Crippen molar-refractivity contribution in [3.63, 3.8) is 0 Å². The molecule has 6 nitrogen and oxygen atoms in total. The topological polar surface area (TPSA) is 99.4 Å². The maximum absolute atomic E-state index is 12.0. The Bertz CT molecular complexity index is 736. The van der Waals surface area contributed by atoms with Crippen LogP contribution in [0.2, 0.25) is 0 Å². The highest BCUT2D eigenvalue weighted by Gasteiger charge is 2.18. The molecule has 0 radical (unpaired) electrons. The van der Waals surface area contributed by atoms with Crippen LogP contribution in [0.4, 0.5) is 0 Å². The summed E-state index contributed by atoms with van der Waals surface area (Å²) in [5, 5.41) is 20.4. The van der Waals surface area contributed by atoms with E-state index in [4.69, 9.17) is 15.1 Å². The standard InChI is InChI=1S/C18H16N2O4/c19-11-13-6-8-15(9-7-13)24-12-17(21)20-16(10-18(22)23)14-4-2-1-3-5-14/h1-9,16H,10,12H2,(H,20,21)(H,22,23). The molecule has 2 N–H and O–H groups in total. The number of nitrogens with zero attached hydrogens (tertiary/aromatic N) is 1. The van der Waals surface area contributed by atoms with E-state index in [-0.39, 0.29) is 13.0 Å². The first-order valence-corrected chi connectivity index (χ1v) is 7.27. The summed E-state index contributed by atoms with van der Waals surface area (Å²) in [6, 6.07) is 16.6. The van der Waals surface area contributed by atoms with Gasteiger partial charge in [-0.1, -0.05) is 30.3 Å². The van der Waals surface area contributed by atoms with Gasteiger partial charge in [0, 0.05) is 0 Å². The molecular formula is C18H16N2O4. The fourth-order valence-corrected chi connectivity index (χ4v) is 2.12. The molecule has 0 bridgehead atoms. The second-order valence-electron chi connectivity index (χ2n) is 5.05. The van der Waals surface area contributed by atoms with Gasteiger partial charge in [-0.15, -0.1) is 0 Å². The lowest BCUT2D eigenvalue weighted by Gasteiger charge is -2.17. The minimum atomic E-state index is -1.00. The van der Waals surface area contributed by atoms with Crippen LogP contribution in [0.15, 0.2) is 54.6 Å². The summed E-state index contributed by atoms with van der Waals surface area (Å²) in [6.07, 6.45) is -0.216. The van der Waals surface area contributed by atoms with Crippen molar-refractivity contribution in [1.82, 2.24) is 5.32 Å². The summed E-state index contributed by atoms with van der Waals surface area (Å²) < 4.78 is 5.34. The van der Waals surface area contributed by atoms with E-state index in [1.807, 2.05) is 12.1 Å². The molecule has 1 amide bonds. The molecule has 0 heterocycles. The van der Waals surface area contributed by atoms with Crippen LogP contribution in [0, 0.1) is 11.3 Å². The van der Waals surface area contributed by atoms with Crippen molar-refractivity contribution in [1.29, 1.82) is 5.26 Å². The highest BCUT2D eigenvalue weighted by Crippen LogP contribution is 2.17. The Balaban J connectivity index is 1.94. The minimum absolute atomic E-state index is 0.216. The fraction of sp³-hybridized carbons (Fsp3) is 0.167. The third-order valence-electron chi connectivity index (χ3n) is 3.27. The molecule has 0 fully saturated rings. The van der Waals surface area contributed by atoms with Crippen LogP contribution in [0.5, 0.6) is 5.75 Å². The van der Waals surface area contributed by atoms with Crippen LogP contribution in [-0.4, -0.2) is 23.6 Å². The first kappa shape index (κ1) is 17.0. The SMILES string of the molecule is N#Cc1ccc(OCC(=O)NC(CC(=O)O)c2ccccc2)cc1. The zero-order valence-electron chi connectivity index (χ0n) is 12.8. The minimum Gasteiger partial charge on any atom is -0.484 e. The van der Waals surface area contributed by atoms with E-state index in [9.17, 15) is 9.59 Å². The molecule has 24 heavy (non-hydrogen) atoms. The first-order chi connectivity index (χ1) is 11.6. The number of nitriles is 1. The van der Waals surface area contributed by atoms with Gasteiger partial charge in [0.15, 0.2) is 6.61 Å². The van der Waals surface area contributed by atoms with Gasteiger partial charge in [0.1, 0.15) is 5.75 Å². The van der Waals surface area contributed by atoms with Crippen LogP contribution < -0.4 is 10.1 Å². The molecule has 2 aromatic carbocycles. The smallest absolute Gasteiger partial charge is 0.305 e. The molecule has 1 unspecified atom stereocenters. The van der Waals surface area contributed by atoms with E-state index in [0.717, 1.165) is 0 Å². The number of rotatable bonds is 7. The molecule has 0 saturated heterocycles. The van der Waals surface area contributed by atoms with E-state index < -0.39 is 17.9 Å². The van der Waals surface area contributed by atoms with Gasteiger partial charge in [0.05, 0.1) is 24.1 Å². The normalized spacial score (nSPS) is 11.1. The number of carboxylic acid groups (broad SMARTS) is 1. The maximum atomic E-state index is 12.0. The lowest BCUT2D eigenvalue weighted by atomic mass is 10.0. The molecule has 122 valence electrons. The number of aliphatic carboxylic acids is 1. The van der Waals surface area contributed by atoms with Crippen molar-refractivity contribution in [3.8, 4) is 11.8 Å². The summed E-state index contributed by atoms with van der Waals surface area (Å²) in [5.74, 6) is -0.967. The molecule has 0 aliphatic heterocycles. The number of hydrogen-bond acceptors (Lipinski definition) is 4. The fourth-order valence-electron chi connectivity index (χ4n) is 2.12. The monoisotopic (exact) mass is 324 g/mol. The van der Waals surface area contributed by atoms with Gasteiger partial charge in [-0.05, 0) is 29.8 Å². The summed E-state index contributed by atoms with van der Waals surface area (Å²) in [6.45, 7) is -0.241. The highest BCUT2D eigenvalue weighted by molar-refractivity contribution is 5.79. The van der Waals surface area contributed by atoms with Gasteiger partial charge in [-0.3, -0.25) is 9.59 Å². The molecule has 0 aromatic heterocycles. The average molecular weight is 324 g/mol. The number of carboxylic acids is 1. The molecule has 0 saturated carbocycles. The Morgan fingerprint density at radius 1 is 1.12 bits per heavy atom. The lowest BCUT2D eigenvalue weighted by molar-refractivity contribution is -0.137. The van der Waals surface area contributed by atoms with Gasteiger partial charge in [-0.25, -0.2) is 0 Å². The molecule has 6 heteroatoms.